The summed E-state index contributed by atoms with van der Waals surface area (Å²) < 4.78 is 15.4. The molecule has 0 aliphatic carbocycles. The second-order valence-corrected chi connectivity index (χ2v) is 7.30. The van der Waals surface area contributed by atoms with E-state index in [1.807, 2.05) is 38.1 Å². The molecule has 3 aromatic rings. The number of nitrogens with zero attached hydrogens (tertiary/aromatic N) is 2. The Morgan fingerprint density at radius 3 is 2.42 bits per heavy atom. The normalized spacial score (nSPS) is 15.1. The van der Waals surface area contributed by atoms with Gasteiger partial charge in [0.2, 0.25) is 0 Å². The van der Waals surface area contributed by atoms with Crippen molar-refractivity contribution in [2.45, 2.75) is 26.8 Å². The lowest BCUT2D eigenvalue weighted by Crippen LogP contribution is -2.30. The van der Waals surface area contributed by atoms with Crippen molar-refractivity contribution in [1.82, 2.24) is 20.0 Å². The summed E-state index contributed by atoms with van der Waals surface area (Å²) >= 11 is 0. The highest BCUT2D eigenvalue weighted by molar-refractivity contribution is 6.13. The topological polar surface area (TPSA) is 87.2 Å². The molecule has 0 unspecified atom stereocenters. The smallest absolute Gasteiger partial charge is 0.303 e. The first-order valence-electron chi connectivity index (χ1n) is 9.88. The average molecular weight is 420 g/mol. The van der Waals surface area contributed by atoms with Gasteiger partial charge < -0.3 is 5.32 Å². The Bertz CT molecular complexity index is 1250. The lowest BCUT2D eigenvalue weighted by atomic mass is 10.1. The summed E-state index contributed by atoms with van der Waals surface area (Å²) in [6.07, 6.45) is 1.90. The van der Waals surface area contributed by atoms with Gasteiger partial charge in [-0.25, -0.2) is 13.9 Å². The number of hydrogen-bond acceptors (Lipinski definition) is 3. The van der Waals surface area contributed by atoms with Crippen LogP contribution in [0.3, 0.4) is 0 Å². The molecule has 7 nitrogen and oxygen atoms in total. The van der Waals surface area contributed by atoms with Gasteiger partial charge in [0, 0.05) is 11.3 Å². The lowest BCUT2D eigenvalue weighted by Gasteiger charge is -2.12. The molecule has 0 radical (unpaired) electrons. The maximum Gasteiger partial charge on any atom is 0.329 e. The van der Waals surface area contributed by atoms with E-state index >= 15 is 0 Å². The van der Waals surface area contributed by atoms with E-state index in [0.29, 0.717) is 23.4 Å². The first-order valence-corrected chi connectivity index (χ1v) is 9.88. The van der Waals surface area contributed by atoms with Gasteiger partial charge in [0.15, 0.2) is 0 Å². The van der Waals surface area contributed by atoms with E-state index in [4.69, 9.17) is 0 Å². The van der Waals surface area contributed by atoms with Gasteiger partial charge in [0.1, 0.15) is 11.5 Å². The highest BCUT2D eigenvalue weighted by atomic mass is 19.1. The molecule has 0 bridgehead atoms. The van der Waals surface area contributed by atoms with Crippen molar-refractivity contribution in [1.29, 1.82) is 0 Å². The van der Waals surface area contributed by atoms with Gasteiger partial charge in [-0.05, 0) is 37.6 Å². The second-order valence-electron chi connectivity index (χ2n) is 7.30. The number of nitrogens with one attached hydrogen (secondary N) is 2. The van der Waals surface area contributed by atoms with Gasteiger partial charge in [-0.3, -0.25) is 19.6 Å². The molecule has 1 fully saturated rings. The molecule has 0 atom stereocenters. The number of aryl methyl sites for hydroxylation is 2. The third-order valence-corrected chi connectivity index (χ3v) is 5.19. The Labute approximate surface area is 177 Å². The summed E-state index contributed by atoms with van der Waals surface area (Å²) in [4.78, 5) is 39.1. The molecule has 2 N–H and O–H groups in total. The number of urea groups is 1. The molecule has 31 heavy (non-hydrogen) atoms. The summed E-state index contributed by atoms with van der Waals surface area (Å²) in [5, 5.41) is 5.56. The zero-order valence-electron chi connectivity index (χ0n) is 17.1. The largest absolute Gasteiger partial charge is 0.329 e. The molecule has 4 rings (SSSR count). The van der Waals surface area contributed by atoms with Crippen LogP contribution in [0.5, 0.6) is 0 Å². The van der Waals surface area contributed by atoms with Gasteiger partial charge in [0.25, 0.3) is 11.5 Å². The zero-order chi connectivity index (χ0) is 22.1. The highest BCUT2D eigenvalue weighted by Crippen LogP contribution is 2.19. The number of carbonyl (C=O) groups excluding carboxylic acids is 2. The summed E-state index contributed by atoms with van der Waals surface area (Å²) in [6.45, 7) is 3.64. The van der Waals surface area contributed by atoms with Crippen molar-refractivity contribution in [3.63, 3.8) is 0 Å². The number of carbonyl (C=O) groups is 2. The van der Waals surface area contributed by atoms with Crippen molar-refractivity contribution in [3.8, 4) is 5.69 Å². The van der Waals surface area contributed by atoms with E-state index in [-0.39, 0.29) is 23.4 Å². The highest BCUT2D eigenvalue weighted by Gasteiger charge is 2.34. The number of halogens is 1. The van der Waals surface area contributed by atoms with E-state index in [9.17, 15) is 18.8 Å². The second kappa shape index (κ2) is 8.06. The van der Waals surface area contributed by atoms with Crippen molar-refractivity contribution in [3.05, 3.63) is 92.8 Å². The molecule has 1 aromatic heterocycles. The Hall–Kier alpha value is -3.94. The van der Waals surface area contributed by atoms with Crippen molar-refractivity contribution in [2.24, 2.45) is 0 Å². The van der Waals surface area contributed by atoms with Gasteiger partial charge >= 0.3 is 6.03 Å². The number of benzene rings is 2. The standard InChI is InChI=1S/C23H21FN4O3/c1-3-19-17(21(29)28(26-19)16-10-8-14(2)9-11-16)12-20-22(30)27(23(31)25-20)13-15-6-4-5-7-18(15)24/h4-12,26H,3,13H2,1-2H3,(H,25,31)/b20-12-. The van der Waals surface area contributed by atoms with Crippen LogP contribution < -0.4 is 10.9 Å². The van der Waals surface area contributed by atoms with E-state index in [0.717, 1.165) is 10.5 Å². The van der Waals surface area contributed by atoms with E-state index in [1.165, 1.54) is 29.0 Å². The molecule has 2 heterocycles. The number of aromatic nitrogens is 2. The quantitative estimate of drug-likeness (QED) is 0.491. The number of rotatable bonds is 5. The fourth-order valence-corrected chi connectivity index (χ4v) is 3.45. The maximum absolute atomic E-state index is 13.9. The molecule has 0 saturated carbocycles. The van der Waals surface area contributed by atoms with Gasteiger partial charge in [-0.2, -0.15) is 0 Å². The Kier molecular flexibility index (Phi) is 5.29. The monoisotopic (exact) mass is 420 g/mol. The van der Waals surface area contributed by atoms with Crippen LogP contribution in [0.4, 0.5) is 9.18 Å². The molecule has 8 heteroatoms. The van der Waals surface area contributed by atoms with Crippen molar-refractivity contribution >= 4 is 18.0 Å². The Morgan fingerprint density at radius 2 is 1.74 bits per heavy atom. The molecule has 1 aliphatic rings. The molecule has 158 valence electrons. The SMILES string of the molecule is CCc1[nH]n(-c2ccc(C)cc2)c(=O)c1/C=C1\NC(=O)N(Cc2ccccc2F)C1=O. The minimum absolute atomic E-state index is 0.0248. The molecule has 1 aliphatic heterocycles. The number of H-pyrrole nitrogens is 1. The van der Waals surface area contributed by atoms with Crippen molar-refractivity contribution < 1.29 is 14.0 Å². The van der Waals surface area contributed by atoms with Crippen LogP contribution in [-0.4, -0.2) is 26.6 Å². The summed E-state index contributed by atoms with van der Waals surface area (Å²) in [5.41, 5.74) is 2.52. The Balaban J connectivity index is 1.68. The van der Waals surface area contributed by atoms with Crippen molar-refractivity contribution in [2.75, 3.05) is 0 Å². The third-order valence-electron chi connectivity index (χ3n) is 5.19. The molecular weight excluding hydrogens is 399 g/mol. The number of imide groups is 1. The van der Waals surface area contributed by atoms with Crippen LogP contribution in [0.1, 0.15) is 29.3 Å². The molecule has 3 amide bonds. The summed E-state index contributed by atoms with van der Waals surface area (Å²) in [7, 11) is 0. The predicted octanol–water partition coefficient (Wildman–Crippen LogP) is 3.27. The van der Waals surface area contributed by atoms with Crippen LogP contribution >= 0.6 is 0 Å². The fraction of sp³-hybridized carbons (Fsp3) is 0.174. The molecule has 0 spiro atoms. The van der Waals surface area contributed by atoms with E-state index in [1.54, 1.807) is 6.07 Å². The van der Waals surface area contributed by atoms with E-state index < -0.39 is 17.8 Å². The number of hydrogen-bond donors (Lipinski definition) is 2. The van der Waals surface area contributed by atoms with Crippen LogP contribution in [-0.2, 0) is 17.8 Å². The minimum Gasteiger partial charge on any atom is -0.303 e. The van der Waals surface area contributed by atoms with Crippen LogP contribution in [0.25, 0.3) is 11.8 Å². The predicted molar refractivity (Wildman–Crippen MR) is 114 cm³/mol. The first kappa shape index (κ1) is 20.3. The van der Waals surface area contributed by atoms with Gasteiger partial charge in [-0.15, -0.1) is 0 Å². The summed E-state index contributed by atoms with van der Waals surface area (Å²) in [6, 6.07) is 12.7. The van der Waals surface area contributed by atoms with Crippen LogP contribution in [0, 0.1) is 12.7 Å². The summed E-state index contributed by atoms with van der Waals surface area (Å²) in [5.74, 6) is -1.11. The van der Waals surface area contributed by atoms with Crippen LogP contribution in [0.2, 0.25) is 0 Å². The van der Waals surface area contributed by atoms with Gasteiger partial charge in [0.05, 0.1) is 17.8 Å². The first-order chi connectivity index (χ1) is 14.9. The van der Waals surface area contributed by atoms with E-state index in [2.05, 4.69) is 10.4 Å². The molecule has 2 aromatic carbocycles. The Morgan fingerprint density at radius 1 is 1.03 bits per heavy atom. The number of aromatic amines is 1. The fourth-order valence-electron chi connectivity index (χ4n) is 3.45. The third kappa shape index (κ3) is 3.79. The lowest BCUT2D eigenvalue weighted by molar-refractivity contribution is -0.123. The maximum atomic E-state index is 13.9. The molecule has 1 saturated heterocycles. The zero-order valence-corrected chi connectivity index (χ0v) is 17.1. The van der Waals surface area contributed by atoms with Gasteiger partial charge in [-0.1, -0.05) is 42.8 Å². The number of amides is 3. The average Bonchev–Trinajstić information content (AvgIpc) is 3.21. The minimum atomic E-state index is -0.660. The van der Waals surface area contributed by atoms with Crippen LogP contribution in [0.15, 0.2) is 59.0 Å². The molecular formula is C23H21FN4O3.